The summed E-state index contributed by atoms with van der Waals surface area (Å²) < 4.78 is 0. The van der Waals surface area contributed by atoms with Gasteiger partial charge in [-0.25, -0.2) is 0 Å². The molecule has 0 aromatic heterocycles. The van der Waals surface area contributed by atoms with E-state index in [4.69, 9.17) is 46.4 Å². The number of benzene rings is 3. The number of nitrogens with one attached hydrogen (secondary N) is 2. The van der Waals surface area contributed by atoms with Crippen LogP contribution >= 0.6 is 46.4 Å². The summed E-state index contributed by atoms with van der Waals surface area (Å²) in [7, 11) is 0. The van der Waals surface area contributed by atoms with Gasteiger partial charge in [0.05, 0.1) is 10.7 Å². The van der Waals surface area contributed by atoms with Gasteiger partial charge in [0.25, 0.3) is 5.91 Å². The molecule has 3 nitrogen and oxygen atoms in total. The second kappa shape index (κ2) is 7.49. The van der Waals surface area contributed by atoms with E-state index in [2.05, 4.69) is 10.6 Å². The van der Waals surface area contributed by atoms with Gasteiger partial charge in [-0.2, -0.15) is 0 Å². The Kier molecular flexibility index (Phi) is 5.19. The van der Waals surface area contributed by atoms with Gasteiger partial charge < -0.3 is 10.6 Å². The van der Waals surface area contributed by atoms with Crippen molar-refractivity contribution in [3.63, 3.8) is 0 Å². The van der Waals surface area contributed by atoms with Gasteiger partial charge in [-0.05, 0) is 48.0 Å². The Labute approximate surface area is 182 Å². The lowest BCUT2D eigenvalue weighted by Crippen LogP contribution is -2.44. The average molecular weight is 452 g/mol. The average Bonchev–Trinajstić information content (AvgIpc) is 2.88. The maximum atomic E-state index is 13.2. The van der Waals surface area contributed by atoms with E-state index in [1.54, 1.807) is 36.4 Å². The molecule has 142 valence electrons. The number of amides is 1. The zero-order valence-corrected chi connectivity index (χ0v) is 17.4. The molecule has 0 bridgehead atoms. The van der Waals surface area contributed by atoms with E-state index in [9.17, 15) is 4.79 Å². The minimum Gasteiger partial charge on any atom is -0.366 e. The Hall–Kier alpha value is -1.91. The van der Waals surface area contributed by atoms with Crippen molar-refractivity contribution in [1.82, 2.24) is 0 Å². The summed E-state index contributed by atoms with van der Waals surface area (Å²) in [4.78, 5) is 13.2. The van der Waals surface area contributed by atoms with Crippen LogP contribution in [-0.4, -0.2) is 5.91 Å². The molecular weight excluding hydrogens is 438 g/mol. The fraction of sp³-hybridized carbons (Fsp3) is 0.0952. The number of anilines is 2. The molecule has 1 aliphatic rings. The van der Waals surface area contributed by atoms with Crippen LogP contribution in [0.25, 0.3) is 0 Å². The molecule has 1 heterocycles. The highest BCUT2D eigenvalue weighted by molar-refractivity contribution is 6.36. The first-order valence-electron chi connectivity index (χ1n) is 8.46. The van der Waals surface area contributed by atoms with Crippen LogP contribution in [0.4, 0.5) is 11.4 Å². The molecule has 1 aliphatic heterocycles. The summed E-state index contributed by atoms with van der Waals surface area (Å²) in [5.41, 5.74) is 1.88. The molecular formula is C21H14Cl4N2O. The van der Waals surface area contributed by atoms with Crippen LogP contribution < -0.4 is 10.6 Å². The van der Waals surface area contributed by atoms with Crippen LogP contribution in [0.3, 0.4) is 0 Å². The molecule has 3 aromatic rings. The van der Waals surface area contributed by atoms with E-state index in [0.717, 1.165) is 11.1 Å². The zero-order chi connectivity index (χ0) is 19.9. The Morgan fingerprint density at radius 1 is 0.857 bits per heavy atom. The summed E-state index contributed by atoms with van der Waals surface area (Å²) >= 11 is 24.7. The molecule has 1 amide bonds. The molecule has 0 spiro atoms. The van der Waals surface area contributed by atoms with Gasteiger partial charge in [-0.15, -0.1) is 0 Å². The van der Waals surface area contributed by atoms with E-state index < -0.39 is 5.54 Å². The summed E-state index contributed by atoms with van der Waals surface area (Å²) in [6, 6.07) is 17.9. The van der Waals surface area contributed by atoms with Crippen molar-refractivity contribution in [2.75, 3.05) is 10.6 Å². The number of fused-ring (bicyclic) bond motifs is 1. The molecule has 0 aliphatic carbocycles. The first kappa shape index (κ1) is 19.4. The number of halogens is 4. The third kappa shape index (κ3) is 3.56. The predicted molar refractivity (Wildman–Crippen MR) is 117 cm³/mol. The molecule has 28 heavy (non-hydrogen) atoms. The van der Waals surface area contributed by atoms with Crippen molar-refractivity contribution in [3.05, 3.63) is 91.9 Å². The quantitative estimate of drug-likeness (QED) is 0.457. The largest absolute Gasteiger partial charge is 0.366 e. The second-order valence-electron chi connectivity index (χ2n) is 6.61. The van der Waals surface area contributed by atoms with Gasteiger partial charge in [0.1, 0.15) is 5.54 Å². The van der Waals surface area contributed by atoms with Gasteiger partial charge in [-0.3, -0.25) is 4.79 Å². The molecule has 2 N–H and O–H groups in total. The van der Waals surface area contributed by atoms with Crippen LogP contribution in [-0.2, 0) is 16.8 Å². The summed E-state index contributed by atoms with van der Waals surface area (Å²) in [6.45, 7) is 0. The minimum atomic E-state index is -1.08. The molecule has 0 fully saturated rings. The van der Waals surface area contributed by atoms with Crippen LogP contribution in [0.15, 0.2) is 60.7 Å². The standard InChI is InChI=1S/C21H14Cl4N2O/c22-13-3-1-2-12(8-13)11-21(27-18-7-5-14(23)9-17(18)25)16-6-4-15(24)10-19(16)26-20(21)28/h1-10,27H,11H2,(H,26,28). The van der Waals surface area contributed by atoms with Gasteiger partial charge in [0, 0.05) is 32.7 Å². The van der Waals surface area contributed by atoms with Crippen LogP contribution in [0, 0.1) is 0 Å². The first-order chi connectivity index (χ1) is 13.4. The molecule has 7 heteroatoms. The molecule has 0 saturated carbocycles. The summed E-state index contributed by atoms with van der Waals surface area (Å²) in [5, 5.41) is 8.37. The van der Waals surface area contributed by atoms with E-state index in [1.807, 2.05) is 24.3 Å². The van der Waals surface area contributed by atoms with Crippen molar-refractivity contribution < 1.29 is 4.79 Å². The van der Waals surface area contributed by atoms with E-state index in [-0.39, 0.29) is 5.91 Å². The Morgan fingerprint density at radius 3 is 2.32 bits per heavy atom. The highest BCUT2D eigenvalue weighted by atomic mass is 35.5. The van der Waals surface area contributed by atoms with Crippen LogP contribution in [0.2, 0.25) is 20.1 Å². The van der Waals surface area contributed by atoms with Crippen molar-refractivity contribution in [2.24, 2.45) is 0 Å². The Bertz CT molecular complexity index is 1090. The number of carbonyl (C=O) groups is 1. The highest BCUT2D eigenvalue weighted by Crippen LogP contribution is 2.43. The molecule has 3 aromatic carbocycles. The van der Waals surface area contributed by atoms with E-state index in [0.29, 0.717) is 37.9 Å². The third-order valence-corrected chi connectivity index (χ3v) is 5.73. The molecule has 4 rings (SSSR count). The van der Waals surface area contributed by atoms with Crippen LogP contribution in [0.1, 0.15) is 11.1 Å². The van der Waals surface area contributed by atoms with E-state index in [1.165, 1.54) is 0 Å². The minimum absolute atomic E-state index is 0.198. The number of hydrogen-bond acceptors (Lipinski definition) is 2. The number of hydrogen-bond donors (Lipinski definition) is 2. The van der Waals surface area contributed by atoms with E-state index >= 15 is 0 Å². The van der Waals surface area contributed by atoms with Crippen molar-refractivity contribution in [3.8, 4) is 0 Å². The van der Waals surface area contributed by atoms with Crippen molar-refractivity contribution in [2.45, 2.75) is 12.0 Å². The Morgan fingerprint density at radius 2 is 1.57 bits per heavy atom. The van der Waals surface area contributed by atoms with Crippen LogP contribution in [0.5, 0.6) is 0 Å². The number of rotatable bonds is 4. The first-order valence-corrected chi connectivity index (χ1v) is 9.98. The summed E-state index contributed by atoms with van der Waals surface area (Å²) in [5.74, 6) is -0.198. The SMILES string of the molecule is O=C1Nc2cc(Cl)ccc2C1(Cc1cccc(Cl)c1)Nc1ccc(Cl)cc1Cl. The van der Waals surface area contributed by atoms with Gasteiger partial charge in [0.2, 0.25) is 0 Å². The van der Waals surface area contributed by atoms with Gasteiger partial charge >= 0.3 is 0 Å². The van der Waals surface area contributed by atoms with Crippen molar-refractivity contribution in [1.29, 1.82) is 0 Å². The molecule has 0 saturated heterocycles. The maximum absolute atomic E-state index is 13.2. The maximum Gasteiger partial charge on any atom is 0.255 e. The lowest BCUT2D eigenvalue weighted by Gasteiger charge is -2.31. The highest BCUT2D eigenvalue weighted by Gasteiger charge is 2.47. The zero-order valence-electron chi connectivity index (χ0n) is 14.4. The van der Waals surface area contributed by atoms with Crippen molar-refractivity contribution >= 4 is 63.7 Å². The fourth-order valence-corrected chi connectivity index (χ4v) is 4.30. The molecule has 1 unspecified atom stereocenters. The lowest BCUT2D eigenvalue weighted by atomic mass is 9.84. The van der Waals surface area contributed by atoms with Gasteiger partial charge in [-0.1, -0.05) is 64.6 Å². The topological polar surface area (TPSA) is 41.1 Å². The summed E-state index contributed by atoms with van der Waals surface area (Å²) in [6.07, 6.45) is 0.368. The lowest BCUT2D eigenvalue weighted by molar-refractivity contribution is -0.119. The number of carbonyl (C=O) groups excluding carboxylic acids is 1. The Balaban J connectivity index is 1.85. The normalized spacial score (nSPS) is 17.9. The monoisotopic (exact) mass is 450 g/mol. The third-order valence-electron chi connectivity index (χ3n) is 4.71. The molecule has 0 radical (unpaired) electrons. The van der Waals surface area contributed by atoms with Gasteiger partial charge in [0.15, 0.2) is 0 Å². The molecule has 1 atom stereocenters. The fourth-order valence-electron chi connectivity index (χ4n) is 3.46. The smallest absolute Gasteiger partial charge is 0.255 e. The predicted octanol–water partition coefficient (Wildman–Crippen LogP) is 6.80. The second-order valence-corrected chi connectivity index (χ2v) is 8.32.